The molecule has 2 fully saturated rings. The molecule has 0 atom stereocenters. The first-order valence-electron chi connectivity index (χ1n) is 11.3. The van der Waals surface area contributed by atoms with Gasteiger partial charge in [-0.3, -0.25) is 14.4 Å². The van der Waals surface area contributed by atoms with Gasteiger partial charge in [0, 0.05) is 12.1 Å². The SMILES string of the molecule is CC(C)COc1ncc(N2C(=O)C3(CC3)c3cc4c(NS(=O)(=O)C5CC5)noc4cc32)cc1F. The Morgan fingerprint density at radius 3 is 2.71 bits per heavy atom. The van der Waals surface area contributed by atoms with Gasteiger partial charge in [0.1, 0.15) is 0 Å². The summed E-state index contributed by atoms with van der Waals surface area (Å²) in [5, 5.41) is 4.00. The van der Waals surface area contributed by atoms with Gasteiger partial charge in [-0.15, -0.1) is 0 Å². The molecule has 3 aromatic rings. The molecule has 11 heteroatoms. The summed E-state index contributed by atoms with van der Waals surface area (Å²) in [7, 11) is -3.52. The molecule has 0 unspecified atom stereocenters. The molecule has 2 saturated carbocycles. The number of halogens is 1. The van der Waals surface area contributed by atoms with Crippen molar-refractivity contribution in [2.75, 3.05) is 16.2 Å². The van der Waals surface area contributed by atoms with Crippen molar-refractivity contribution >= 4 is 44.1 Å². The number of ether oxygens (including phenoxy) is 1. The first kappa shape index (κ1) is 21.3. The Labute approximate surface area is 195 Å². The molecule has 0 bridgehead atoms. The lowest BCUT2D eigenvalue weighted by Crippen LogP contribution is -2.28. The second-order valence-corrected chi connectivity index (χ2v) is 11.6. The molecule has 2 aliphatic carbocycles. The van der Waals surface area contributed by atoms with Crippen LogP contribution in [-0.2, 0) is 20.2 Å². The van der Waals surface area contributed by atoms with E-state index >= 15 is 0 Å². The minimum Gasteiger partial charge on any atom is -0.475 e. The highest BCUT2D eigenvalue weighted by Crippen LogP contribution is 2.60. The zero-order chi connectivity index (χ0) is 23.8. The summed E-state index contributed by atoms with van der Waals surface area (Å²) < 4.78 is 52.9. The van der Waals surface area contributed by atoms with E-state index in [0.29, 0.717) is 48.9 Å². The Bertz CT molecular complexity index is 1440. The quantitative estimate of drug-likeness (QED) is 0.537. The van der Waals surface area contributed by atoms with Crippen LogP contribution in [0.3, 0.4) is 0 Å². The number of amides is 1. The van der Waals surface area contributed by atoms with Gasteiger partial charge in [0.25, 0.3) is 5.88 Å². The van der Waals surface area contributed by atoms with E-state index in [2.05, 4.69) is 14.9 Å². The molecule has 1 N–H and O–H groups in total. The first-order chi connectivity index (χ1) is 16.2. The van der Waals surface area contributed by atoms with Crippen molar-refractivity contribution in [1.82, 2.24) is 10.1 Å². The van der Waals surface area contributed by atoms with Gasteiger partial charge in [0.15, 0.2) is 17.2 Å². The topological polar surface area (TPSA) is 115 Å². The number of nitrogens with zero attached hydrogens (tertiary/aromatic N) is 3. The number of pyridine rings is 1. The molecule has 2 aromatic heterocycles. The smallest absolute Gasteiger partial charge is 0.250 e. The average Bonchev–Trinajstić information content (AvgIpc) is 3.70. The van der Waals surface area contributed by atoms with Gasteiger partial charge in [0.2, 0.25) is 15.9 Å². The number of hydrogen-bond donors (Lipinski definition) is 1. The summed E-state index contributed by atoms with van der Waals surface area (Å²) in [5.74, 6) is -0.595. The van der Waals surface area contributed by atoms with Crippen molar-refractivity contribution in [3.05, 3.63) is 35.8 Å². The predicted molar refractivity (Wildman–Crippen MR) is 122 cm³/mol. The van der Waals surface area contributed by atoms with Crippen molar-refractivity contribution in [3.63, 3.8) is 0 Å². The maximum Gasteiger partial charge on any atom is 0.250 e. The monoisotopic (exact) mass is 486 g/mol. The van der Waals surface area contributed by atoms with Crippen LogP contribution < -0.4 is 14.4 Å². The molecule has 1 spiro atoms. The van der Waals surface area contributed by atoms with Crippen LogP contribution in [0.1, 0.15) is 45.1 Å². The molecule has 9 nitrogen and oxygen atoms in total. The Balaban J connectivity index is 1.40. The summed E-state index contributed by atoms with van der Waals surface area (Å²) in [6, 6.07) is 4.66. The van der Waals surface area contributed by atoms with Crippen LogP contribution in [0.4, 0.5) is 21.6 Å². The average molecular weight is 487 g/mol. The summed E-state index contributed by atoms with van der Waals surface area (Å²) in [6.07, 6.45) is 3.97. The van der Waals surface area contributed by atoms with E-state index in [1.807, 2.05) is 13.8 Å². The fraction of sp³-hybridized carbons (Fsp3) is 0.435. The molecule has 3 aliphatic rings. The Kier molecular flexibility index (Phi) is 4.48. The lowest BCUT2D eigenvalue weighted by molar-refractivity contribution is -0.119. The maximum absolute atomic E-state index is 14.7. The Hall–Kier alpha value is -3.21. The molecule has 6 rings (SSSR count). The lowest BCUT2D eigenvalue weighted by Gasteiger charge is -2.18. The Morgan fingerprint density at radius 2 is 2.06 bits per heavy atom. The number of aromatic nitrogens is 2. The van der Waals surface area contributed by atoms with E-state index in [9.17, 15) is 17.6 Å². The molecule has 1 aromatic carbocycles. The zero-order valence-corrected chi connectivity index (χ0v) is 19.5. The van der Waals surface area contributed by atoms with Crippen LogP contribution in [-0.4, -0.2) is 36.3 Å². The predicted octanol–water partition coefficient (Wildman–Crippen LogP) is 4.01. The van der Waals surface area contributed by atoms with Gasteiger partial charge in [-0.05, 0) is 43.2 Å². The van der Waals surface area contributed by atoms with Crippen molar-refractivity contribution in [1.29, 1.82) is 0 Å². The number of rotatable bonds is 7. The lowest BCUT2D eigenvalue weighted by atomic mass is 9.96. The van der Waals surface area contributed by atoms with Crippen LogP contribution in [0, 0.1) is 11.7 Å². The van der Waals surface area contributed by atoms with Crippen LogP contribution in [0.15, 0.2) is 28.9 Å². The third-order valence-electron chi connectivity index (χ3n) is 6.51. The van der Waals surface area contributed by atoms with E-state index in [1.54, 1.807) is 12.1 Å². The molecule has 0 saturated heterocycles. The number of benzene rings is 1. The van der Waals surface area contributed by atoms with E-state index in [-0.39, 0.29) is 29.2 Å². The van der Waals surface area contributed by atoms with E-state index in [1.165, 1.54) is 17.2 Å². The third kappa shape index (κ3) is 3.24. The standard InChI is InChI=1S/C23H23FN4O5S/c1-12(2)11-32-21-17(24)7-13(10-25-21)28-18-9-19-15(8-16(18)23(5-6-23)22(28)29)20(26-33-19)27-34(30,31)14-3-4-14/h7-10,12,14H,3-6,11H2,1-2H3,(H,26,27). The molecule has 3 heterocycles. The number of nitrogens with one attached hydrogen (secondary N) is 1. The summed E-state index contributed by atoms with van der Waals surface area (Å²) in [5.41, 5.74) is 1.21. The largest absolute Gasteiger partial charge is 0.475 e. The highest BCUT2D eigenvalue weighted by atomic mass is 32.2. The van der Waals surface area contributed by atoms with Crippen molar-refractivity contribution in [2.45, 2.75) is 50.2 Å². The third-order valence-corrected chi connectivity index (χ3v) is 8.34. The van der Waals surface area contributed by atoms with Gasteiger partial charge in [-0.1, -0.05) is 19.0 Å². The van der Waals surface area contributed by atoms with Crippen molar-refractivity contribution < 1.29 is 26.9 Å². The fourth-order valence-corrected chi connectivity index (χ4v) is 5.74. The highest BCUT2D eigenvalue weighted by Gasteiger charge is 2.60. The number of carbonyl (C=O) groups is 1. The molecule has 34 heavy (non-hydrogen) atoms. The van der Waals surface area contributed by atoms with Gasteiger partial charge < -0.3 is 9.26 Å². The second-order valence-electron chi connectivity index (χ2n) is 9.65. The number of fused-ring (bicyclic) bond motifs is 3. The first-order valence-corrected chi connectivity index (χ1v) is 12.8. The van der Waals surface area contributed by atoms with Crippen molar-refractivity contribution in [3.8, 4) is 5.88 Å². The maximum atomic E-state index is 14.7. The number of anilines is 3. The van der Waals surface area contributed by atoms with Crippen LogP contribution in [0.2, 0.25) is 0 Å². The van der Waals surface area contributed by atoms with Crippen LogP contribution >= 0.6 is 0 Å². The zero-order valence-electron chi connectivity index (χ0n) is 18.7. The van der Waals surface area contributed by atoms with Gasteiger partial charge >= 0.3 is 0 Å². The van der Waals surface area contributed by atoms with E-state index in [0.717, 1.165) is 5.56 Å². The minimum atomic E-state index is -3.52. The molecule has 0 radical (unpaired) electrons. The van der Waals surface area contributed by atoms with Gasteiger partial charge in [-0.25, -0.2) is 17.8 Å². The highest BCUT2D eigenvalue weighted by molar-refractivity contribution is 7.93. The molecule has 1 aliphatic heterocycles. The number of carbonyl (C=O) groups excluding carboxylic acids is 1. The summed E-state index contributed by atoms with van der Waals surface area (Å²) in [4.78, 5) is 19.0. The van der Waals surface area contributed by atoms with Crippen LogP contribution in [0.25, 0.3) is 11.0 Å². The fourth-order valence-electron chi connectivity index (χ4n) is 4.40. The number of sulfonamides is 1. The molecule has 178 valence electrons. The summed E-state index contributed by atoms with van der Waals surface area (Å²) in [6.45, 7) is 4.23. The normalized spacial score (nSPS) is 18.7. The van der Waals surface area contributed by atoms with Crippen molar-refractivity contribution in [2.24, 2.45) is 5.92 Å². The minimum absolute atomic E-state index is 0.108. The number of hydrogen-bond acceptors (Lipinski definition) is 7. The van der Waals surface area contributed by atoms with E-state index < -0.39 is 26.5 Å². The summed E-state index contributed by atoms with van der Waals surface area (Å²) >= 11 is 0. The van der Waals surface area contributed by atoms with Gasteiger partial charge in [-0.2, -0.15) is 0 Å². The molecule has 1 amide bonds. The molecular weight excluding hydrogens is 463 g/mol. The van der Waals surface area contributed by atoms with Gasteiger partial charge in [0.05, 0.1) is 40.2 Å². The second kappa shape index (κ2) is 7.14. The van der Waals surface area contributed by atoms with E-state index in [4.69, 9.17) is 9.26 Å². The van der Waals surface area contributed by atoms with Crippen LogP contribution in [0.5, 0.6) is 5.88 Å². The Morgan fingerprint density at radius 1 is 1.29 bits per heavy atom. The molecular formula is C23H23FN4O5S.